The van der Waals surface area contributed by atoms with Crippen LogP contribution >= 0.6 is 15.9 Å². The van der Waals surface area contributed by atoms with Crippen LogP contribution in [-0.2, 0) is 54.6 Å². The standard InChI is InChI=1S/C28H45N3O4.C20H30BrN3O4.C20H31N3O4.C10H11N3O3.C10H13N3O.C10H15N3.C7H4FNO4/c1-26(2,3)34-24(32)29-22-17-23-20(16-21(22)19-10-12-28(7,8)13-11-19)18-31(15-14-30(23)9)25(33)35-27(4,5)6;1-19(2,3)27-17(25)22-15-11-16-13(10-14(15)21)12-24(9-8-23(16)7)18(26)28-20(4,5)6;1-19(2,3)26-17(24)21-15-9-8-14-13-23(18(25)27-20(4,5)6)11-10-22(7)16(14)12-15;1-12-5-4-11-10(14)8-3-2-7(13(15)16)6-9(8)12;1-13-5-4-12-10(14)8-3-2-7(11)6-9(8)13;1-13-5-4-12-7-8-2-3-9(11)6-10(8)13;8-6-3-4(9(12)13)1-2-5(6)7(10)11/h16-17,19H,10-15,18H2,1-9H3,(H,29,32);10-11H,8-9,12H2,1-7H3,(H,22,25);8-9,12H,10-11,13H2,1-7H3,(H,21,24);2-3,6H,4-5H2,1H3,(H,11,14);2-3,6H,4-5,11H2,1H3,(H,12,14);2-3,6,12H,4-5,7,11H2,1H3;1-3H,(H,10,11). The summed E-state index contributed by atoms with van der Waals surface area (Å²) in [6, 6.07) is 31.8. The van der Waals surface area contributed by atoms with Crippen LogP contribution in [0.4, 0.5) is 107 Å². The maximum absolute atomic E-state index is 12.9. The van der Waals surface area contributed by atoms with Gasteiger partial charge in [-0.25, -0.2) is 38.0 Å². The molecule has 0 saturated heterocycles. The minimum Gasteiger partial charge on any atom is -0.478 e. The molecular weight excluding hydrogens is 1950 g/mol. The molecule has 1 aliphatic carbocycles. The first-order valence-corrected chi connectivity index (χ1v) is 49.3. The second-order valence-corrected chi connectivity index (χ2v) is 44.3. The van der Waals surface area contributed by atoms with E-state index in [0.29, 0.717) is 130 Å². The molecule has 1 fully saturated rings. The number of fused-ring (bicyclic) bond motifs is 6. The number of benzene rings is 7. The summed E-state index contributed by atoms with van der Waals surface area (Å²) in [7, 11) is 11.8. The van der Waals surface area contributed by atoms with Gasteiger partial charge < -0.3 is 105 Å². The van der Waals surface area contributed by atoms with Gasteiger partial charge in [0.15, 0.2) is 0 Å². The second-order valence-electron chi connectivity index (χ2n) is 43.5. The number of halogens is 2. The molecule has 0 aromatic heterocycles. The predicted octanol–water partition coefficient (Wildman–Crippen LogP) is 19.6. The molecule has 8 amide bonds. The molecule has 6 heterocycles. The van der Waals surface area contributed by atoms with Crippen LogP contribution in [0.25, 0.3) is 0 Å². The van der Waals surface area contributed by atoms with Crippen molar-refractivity contribution in [1.29, 1.82) is 0 Å². The maximum Gasteiger partial charge on any atom is 0.412 e. The van der Waals surface area contributed by atoms with E-state index in [-0.39, 0.29) is 35.8 Å². The second kappa shape index (κ2) is 49.8. The number of carbonyl (C=O) groups excluding carboxylic acids is 8. The molecule has 39 nitrogen and oxygen atoms in total. The molecule has 7 aliphatic rings. The number of nitrogens with two attached hydrogens (primary N) is 2. The van der Waals surface area contributed by atoms with E-state index in [1.54, 1.807) is 26.8 Å². The molecule has 0 atom stereocenters. The highest BCUT2D eigenvalue weighted by molar-refractivity contribution is 9.10. The Morgan fingerprint density at radius 1 is 0.432 bits per heavy atom. The van der Waals surface area contributed by atoms with Crippen molar-refractivity contribution in [2.45, 2.75) is 230 Å². The van der Waals surface area contributed by atoms with Crippen molar-refractivity contribution in [3.8, 4) is 0 Å². The molecular formula is C105H149BrFN19O20. The number of carboxylic acid groups (broad SMARTS) is 1. The molecule has 41 heteroatoms. The summed E-state index contributed by atoms with van der Waals surface area (Å²) in [5, 5.41) is 46.7. The minimum absolute atomic E-state index is 0.000278. The highest BCUT2D eigenvalue weighted by Gasteiger charge is 2.36. The number of anilines is 11. The lowest BCUT2D eigenvalue weighted by Crippen LogP contribution is -2.38. The molecule has 1 saturated carbocycles. The van der Waals surface area contributed by atoms with Crippen LogP contribution in [0.3, 0.4) is 0 Å². The number of hydrogen-bond donors (Lipinski definition) is 9. The molecule has 7 aromatic carbocycles. The number of nitro groups is 2. The Hall–Kier alpha value is -13.9. The number of non-ortho nitro benzene ring substituents is 2. The number of carbonyl (C=O) groups is 9. The van der Waals surface area contributed by atoms with Gasteiger partial charge in [0.05, 0.1) is 69.3 Å². The Bertz CT molecular complexity index is 5830. The number of carboxylic acids is 1. The van der Waals surface area contributed by atoms with Crippen molar-refractivity contribution in [1.82, 2.24) is 30.7 Å². The van der Waals surface area contributed by atoms with E-state index in [4.69, 9.17) is 45.0 Å². The minimum atomic E-state index is -1.45. The first-order valence-electron chi connectivity index (χ1n) is 48.5. The molecule has 0 radical (unpaired) electrons. The Kier molecular flexibility index (Phi) is 40.1. The van der Waals surface area contributed by atoms with Crippen molar-refractivity contribution in [2.24, 2.45) is 5.41 Å². The lowest BCUT2D eigenvalue weighted by molar-refractivity contribution is -0.385. The fraction of sp³-hybridized carbons (Fsp3) is 0.514. The zero-order chi connectivity index (χ0) is 109. The van der Waals surface area contributed by atoms with Gasteiger partial charge in [-0.2, -0.15) is 0 Å². The maximum atomic E-state index is 12.9. The SMILES string of the molecule is CN1CCN(C(=O)OC(C)(C)C)Cc2cc(Br)c(NC(=O)OC(C)(C)C)cc21.CN1CCN(C(=O)OC(C)(C)C)Cc2cc(C3CCC(C)(C)CC3)c(NC(=O)OC(C)(C)C)cc21.CN1CCN(C(=O)OC(C)(C)C)Cc2ccc(NC(=O)OC(C)(C)C)cc21.CN1CCNC(=O)c2ccc(N)cc21.CN1CCNC(=O)c2ccc([N+](=O)[O-])cc21.CN1CCNCc2ccc(N)cc21.O=C(O)c1ccc([N+](=O)[O-])cc1F. The van der Waals surface area contributed by atoms with Crippen molar-refractivity contribution >= 4 is 144 Å². The van der Waals surface area contributed by atoms with Crippen LogP contribution in [0.2, 0.25) is 0 Å². The highest BCUT2D eigenvalue weighted by atomic mass is 79.9. The van der Waals surface area contributed by atoms with Gasteiger partial charge in [-0.3, -0.25) is 45.8 Å². The summed E-state index contributed by atoms with van der Waals surface area (Å²) in [6.45, 7) is 48.7. The topological polar surface area (TPSA) is 469 Å². The summed E-state index contributed by atoms with van der Waals surface area (Å²) in [5.41, 5.74) is 23.4. The van der Waals surface area contributed by atoms with Gasteiger partial charge in [0.1, 0.15) is 39.4 Å². The zero-order valence-corrected chi connectivity index (χ0v) is 90.8. The summed E-state index contributed by atoms with van der Waals surface area (Å²) in [4.78, 5) is 145. The fourth-order valence-electron chi connectivity index (χ4n) is 16.1. The van der Waals surface area contributed by atoms with Crippen molar-refractivity contribution in [3.05, 3.63) is 190 Å². The van der Waals surface area contributed by atoms with Gasteiger partial charge in [0.25, 0.3) is 23.2 Å². The average molecular weight is 2100 g/mol. The van der Waals surface area contributed by atoms with Gasteiger partial charge >= 0.3 is 42.5 Å². The number of amides is 8. The van der Waals surface area contributed by atoms with E-state index in [9.17, 15) is 67.8 Å². The summed E-state index contributed by atoms with van der Waals surface area (Å²) in [5.74, 6) is -2.42. The number of aromatic carboxylic acids is 1. The zero-order valence-electron chi connectivity index (χ0n) is 89.2. The van der Waals surface area contributed by atoms with Crippen molar-refractivity contribution < 1.29 is 90.9 Å². The summed E-state index contributed by atoms with van der Waals surface area (Å²) in [6.07, 6.45) is 2.03. The quantitative estimate of drug-likeness (QED) is 0.0310. The third kappa shape index (κ3) is 36.7. The molecule has 0 spiro atoms. The van der Waals surface area contributed by atoms with E-state index in [1.165, 1.54) is 29.4 Å². The molecule has 0 unspecified atom stereocenters. The molecule has 146 heavy (non-hydrogen) atoms. The first-order chi connectivity index (χ1) is 67.7. The summed E-state index contributed by atoms with van der Waals surface area (Å²) >= 11 is 3.51. The first kappa shape index (κ1) is 117. The Balaban J connectivity index is 0.000000215. The average Bonchev–Trinajstić information content (AvgIpc) is 1.36. The van der Waals surface area contributed by atoms with Gasteiger partial charge in [0, 0.05) is 196 Å². The number of nitrogens with one attached hydrogen (secondary N) is 6. The monoisotopic (exact) mass is 2090 g/mol. The Morgan fingerprint density at radius 3 is 1.25 bits per heavy atom. The Labute approximate surface area is 864 Å². The van der Waals surface area contributed by atoms with E-state index in [0.717, 1.165) is 125 Å². The number of nitrogen functional groups attached to an aromatic ring is 2. The third-order valence-corrected chi connectivity index (χ3v) is 24.1. The molecule has 7 aromatic rings. The van der Waals surface area contributed by atoms with Gasteiger partial charge in [-0.05, 0) is 284 Å². The molecule has 11 N–H and O–H groups in total. The van der Waals surface area contributed by atoms with Crippen molar-refractivity contribution in [3.63, 3.8) is 0 Å². The van der Waals surface area contributed by atoms with E-state index < -0.39 is 84.8 Å². The number of nitro benzene ring substituents is 2. The molecule has 0 bridgehead atoms. The van der Waals surface area contributed by atoms with Gasteiger partial charge in [-0.1, -0.05) is 26.0 Å². The number of hydrogen-bond acceptors (Lipinski definition) is 28. The number of nitrogens with zero attached hydrogens (tertiary/aromatic N) is 11. The lowest BCUT2D eigenvalue weighted by Gasteiger charge is -2.36. The van der Waals surface area contributed by atoms with Gasteiger partial charge in [0.2, 0.25) is 0 Å². The predicted molar refractivity (Wildman–Crippen MR) is 572 cm³/mol. The van der Waals surface area contributed by atoms with Crippen LogP contribution in [0.1, 0.15) is 229 Å². The van der Waals surface area contributed by atoms with Gasteiger partial charge in [-0.15, -0.1) is 0 Å². The van der Waals surface area contributed by atoms with Crippen LogP contribution in [0, 0.1) is 31.5 Å². The van der Waals surface area contributed by atoms with Crippen LogP contribution in [-0.4, -0.2) is 238 Å². The lowest BCUT2D eigenvalue weighted by atomic mass is 9.71. The largest absolute Gasteiger partial charge is 0.478 e. The molecule has 14 rings (SSSR count). The normalized spacial score (nSPS) is 15.7. The van der Waals surface area contributed by atoms with E-state index in [1.807, 2.05) is 218 Å². The number of ether oxygens (including phenoxy) is 6. The summed E-state index contributed by atoms with van der Waals surface area (Å²) < 4.78 is 46.4. The number of rotatable bonds is 7. The Morgan fingerprint density at radius 2 is 0.795 bits per heavy atom. The van der Waals surface area contributed by atoms with E-state index in [2.05, 4.69) is 107 Å². The molecule has 6 aliphatic heterocycles. The highest BCUT2D eigenvalue weighted by Crippen LogP contribution is 2.47. The van der Waals surface area contributed by atoms with Crippen LogP contribution < -0.4 is 72.8 Å². The fourth-order valence-corrected chi connectivity index (χ4v) is 16.6. The molecule has 798 valence electrons. The van der Waals surface area contributed by atoms with Crippen molar-refractivity contribution in [2.75, 3.05) is 178 Å². The third-order valence-electron chi connectivity index (χ3n) is 23.4. The smallest absolute Gasteiger partial charge is 0.412 e. The van der Waals surface area contributed by atoms with E-state index >= 15 is 0 Å². The van der Waals surface area contributed by atoms with Crippen LogP contribution in [0.5, 0.6) is 0 Å². The van der Waals surface area contributed by atoms with Crippen LogP contribution in [0.15, 0.2) is 120 Å². The number of likely N-dealkylation sites (N-methyl/N-ethyl adjacent to an activating group) is 6.